The highest BCUT2D eigenvalue weighted by molar-refractivity contribution is 7.89. The van der Waals surface area contributed by atoms with E-state index < -0.39 is 15.8 Å². The van der Waals surface area contributed by atoms with Crippen LogP contribution >= 0.6 is 0 Å². The van der Waals surface area contributed by atoms with Crippen LogP contribution in [0.2, 0.25) is 0 Å². The Kier molecular flexibility index (Phi) is 4.31. The topological polar surface area (TPSA) is 72.6 Å². The monoisotopic (exact) mass is 302 g/mol. The Morgan fingerprint density at radius 3 is 2.45 bits per heavy atom. The highest BCUT2D eigenvalue weighted by atomic mass is 32.2. The SMILES string of the molecule is COC1CCN(S(=O)(=O)c2cc(N)c(C)c(F)c2)CC1. The van der Waals surface area contributed by atoms with Crippen molar-refractivity contribution in [3.8, 4) is 0 Å². The molecule has 0 atom stereocenters. The van der Waals surface area contributed by atoms with Gasteiger partial charge in [0.2, 0.25) is 10.0 Å². The fourth-order valence-corrected chi connectivity index (χ4v) is 3.80. The van der Waals surface area contributed by atoms with Gasteiger partial charge in [-0.3, -0.25) is 0 Å². The van der Waals surface area contributed by atoms with Gasteiger partial charge in [0, 0.05) is 31.5 Å². The van der Waals surface area contributed by atoms with Gasteiger partial charge in [-0.2, -0.15) is 4.31 Å². The van der Waals surface area contributed by atoms with Crippen molar-refractivity contribution in [2.75, 3.05) is 25.9 Å². The summed E-state index contributed by atoms with van der Waals surface area (Å²) in [6.07, 6.45) is 1.36. The number of nitrogen functional groups attached to an aromatic ring is 1. The second-order valence-electron chi connectivity index (χ2n) is 4.96. The van der Waals surface area contributed by atoms with Gasteiger partial charge >= 0.3 is 0 Å². The van der Waals surface area contributed by atoms with Crippen LogP contribution in [0.15, 0.2) is 17.0 Å². The van der Waals surface area contributed by atoms with E-state index in [4.69, 9.17) is 10.5 Å². The van der Waals surface area contributed by atoms with E-state index >= 15 is 0 Å². The lowest BCUT2D eigenvalue weighted by Gasteiger charge is -2.30. The Bertz CT molecular complexity index is 573. The van der Waals surface area contributed by atoms with Crippen LogP contribution < -0.4 is 5.73 Å². The zero-order valence-electron chi connectivity index (χ0n) is 11.6. The van der Waals surface area contributed by atoms with Crippen molar-refractivity contribution in [3.05, 3.63) is 23.5 Å². The molecule has 1 aromatic rings. The molecule has 1 heterocycles. The fourth-order valence-electron chi connectivity index (χ4n) is 2.28. The molecule has 0 radical (unpaired) electrons. The van der Waals surface area contributed by atoms with Crippen molar-refractivity contribution in [1.29, 1.82) is 0 Å². The molecular formula is C13H19FN2O3S. The van der Waals surface area contributed by atoms with E-state index in [1.807, 2.05) is 0 Å². The summed E-state index contributed by atoms with van der Waals surface area (Å²) in [6.45, 7) is 2.26. The smallest absolute Gasteiger partial charge is 0.243 e. The largest absolute Gasteiger partial charge is 0.398 e. The van der Waals surface area contributed by atoms with E-state index in [2.05, 4.69) is 0 Å². The van der Waals surface area contributed by atoms with Gasteiger partial charge in [0.15, 0.2) is 0 Å². The normalized spacial score (nSPS) is 18.4. The lowest BCUT2D eigenvalue weighted by molar-refractivity contribution is 0.0604. The number of hydrogen-bond donors (Lipinski definition) is 1. The zero-order chi connectivity index (χ0) is 14.9. The molecule has 1 aliphatic rings. The minimum absolute atomic E-state index is 0.0845. The van der Waals surface area contributed by atoms with Crippen LogP contribution in [0.1, 0.15) is 18.4 Å². The third kappa shape index (κ3) is 2.79. The quantitative estimate of drug-likeness (QED) is 0.859. The maximum Gasteiger partial charge on any atom is 0.243 e. The van der Waals surface area contributed by atoms with Crippen LogP contribution in [0, 0.1) is 12.7 Å². The first kappa shape index (κ1) is 15.2. The number of methoxy groups -OCH3 is 1. The molecule has 1 aliphatic heterocycles. The van der Waals surface area contributed by atoms with Crippen LogP contribution in [-0.2, 0) is 14.8 Å². The van der Waals surface area contributed by atoms with E-state index in [9.17, 15) is 12.8 Å². The number of piperidine rings is 1. The minimum atomic E-state index is -3.70. The van der Waals surface area contributed by atoms with E-state index in [1.54, 1.807) is 7.11 Å². The Morgan fingerprint density at radius 2 is 1.95 bits per heavy atom. The second-order valence-corrected chi connectivity index (χ2v) is 6.90. The molecule has 1 fully saturated rings. The molecule has 0 bridgehead atoms. The summed E-state index contributed by atoms with van der Waals surface area (Å²) < 4.78 is 45.2. The van der Waals surface area contributed by atoms with Crippen molar-refractivity contribution in [1.82, 2.24) is 4.31 Å². The molecular weight excluding hydrogens is 283 g/mol. The Morgan fingerprint density at radius 1 is 1.35 bits per heavy atom. The zero-order valence-corrected chi connectivity index (χ0v) is 12.4. The van der Waals surface area contributed by atoms with Crippen molar-refractivity contribution in [3.63, 3.8) is 0 Å². The molecule has 0 aliphatic carbocycles. The van der Waals surface area contributed by atoms with Gasteiger partial charge in [-0.1, -0.05) is 0 Å². The number of benzene rings is 1. The molecule has 0 saturated carbocycles. The van der Waals surface area contributed by atoms with E-state index in [-0.39, 0.29) is 22.3 Å². The lowest BCUT2D eigenvalue weighted by Crippen LogP contribution is -2.40. The Balaban J connectivity index is 2.27. The molecule has 20 heavy (non-hydrogen) atoms. The lowest BCUT2D eigenvalue weighted by atomic mass is 10.1. The van der Waals surface area contributed by atoms with Crippen molar-refractivity contribution in [2.45, 2.75) is 30.8 Å². The standard InChI is InChI=1S/C13H19FN2O3S/c1-9-12(14)7-11(8-13(9)15)20(17,18)16-5-3-10(19-2)4-6-16/h7-8,10H,3-6,15H2,1-2H3. The molecule has 5 nitrogen and oxygen atoms in total. The third-order valence-electron chi connectivity index (χ3n) is 3.73. The fraction of sp³-hybridized carbons (Fsp3) is 0.538. The average molecular weight is 302 g/mol. The molecule has 112 valence electrons. The van der Waals surface area contributed by atoms with Crippen LogP contribution in [0.25, 0.3) is 0 Å². The highest BCUT2D eigenvalue weighted by Crippen LogP contribution is 2.26. The molecule has 7 heteroatoms. The molecule has 0 unspecified atom stereocenters. The maximum absolute atomic E-state index is 13.7. The summed E-state index contributed by atoms with van der Waals surface area (Å²) in [5, 5.41) is 0. The number of nitrogens with zero attached hydrogens (tertiary/aromatic N) is 1. The van der Waals surface area contributed by atoms with Crippen LogP contribution in [-0.4, -0.2) is 39.0 Å². The van der Waals surface area contributed by atoms with E-state index in [0.29, 0.717) is 25.9 Å². The number of rotatable bonds is 3. The molecule has 0 amide bonds. The first-order chi connectivity index (χ1) is 9.36. The number of hydrogen-bond acceptors (Lipinski definition) is 4. The van der Waals surface area contributed by atoms with Crippen molar-refractivity contribution in [2.24, 2.45) is 0 Å². The number of ether oxygens (including phenoxy) is 1. The number of anilines is 1. The first-order valence-corrected chi connectivity index (χ1v) is 7.89. The Labute approximate surface area is 118 Å². The Hall–Kier alpha value is -1.18. The van der Waals surface area contributed by atoms with Crippen LogP contribution in [0.3, 0.4) is 0 Å². The summed E-state index contributed by atoms with van der Waals surface area (Å²) >= 11 is 0. The summed E-state index contributed by atoms with van der Waals surface area (Å²) in [5.74, 6) is -0.602. The van der Waals surface area contributed by atoms with Crippen molar-refractivity contribution >= 4 is 15.7 Å². The van der Waals surface area contributed by atoms with E-state index in [1.165, 1.54) is 17.3 Å². The number of nitrogens with two attached hydrogens (primary N) is 1. The van der Waals surface area contributed by atoms with Crippen molar-refractivity contribution < 1.29 is 17.5 Å². The molecule has 0 aromatic heterocycles. The molecule has 1 saturated heterocycles. The summed E-state index contributed by atoms with van der Waals surface area (Å²) in [4.78, 5) is -0.0889. The highest BCUT2D eigenvalue weighted by Gasteiger charge is 2.30. The van der Waals surface area contributed by atoms with E-state index in [0.717, 1.165) is 6.07 Å². The summed E-state index contributed by atoms with van der Waals surface area (Å²) in [5.41, 5.74) is 6.06. The second kappa shape index (κ2) is 5.67. The van der Waals surface area contributed by atoms with Gasteiger partial charge in [-0.05, 0) is 31.9 Å². The van der Waals surface area contributed by atoms with Crippen LogP contribution in [0.4, 0.5) is 10.1 Å². The molecule has 1 aromatic carbocycles. The minimum Gasteiger partial charge on any atom is -0.398 e. The molecule has 0 spiro atoms. The first-order valence-electron chi connectivity index (χ1n) is 6.45. The average Bonchev–Trinajstić information content (AvgIpc) is 2.44. The van der Waals surface area contributed by atoms with Crippen LogP contribution in [0.5, 0.6) is 0 Å². The van der Waals surface area contributed by atoms with Gasteiger partial charge in [0.1, 0.15) is 5.82 Å². The van der Waals surface area contributed by atoms with Gasteiger partial charge < -0.3 is 10.5 Å². The van der Waals surface area contributed by atoms with Gasteiger partial charge in [0.25, 0.3) is 0 Å². The predicted octanol–water partition coefficient (Wildman–Crippen LogP) is 1.52. The van der Waals surface area contributed by atoms with Gasteiger partial charge in [0.05, 0.1) is 11.0 Å². The summed E-state index contributed by atoms with van der Waals surface area (Å²) in [6, 6.07) is 2.35. The molecule has 2 rings (SSSR count). The third-order valence-corrected chi connectivity index (χ3v) is 5.61. The van der Waals surface area contributed by atoms with Gasteiger partial charge in [-0.15, -0.1) is 0 Å². The molecule has 2 N–H and O–H groups in total. The predicted molar refractivity (Wildman–Crippen MR) is 74.3 cm³/mol. The summed E-state index contributed by atoms with van der Waals surface area (Å²) in [7, 11) is -2.08. The number of halogens is 1. The van der Waals surface area contributed by atoms with Gasteiger partial charge in [-0.25, -0.2) is 12.8 Å². The maximum atomic E-state index is 13.7. The number of sulfonamides is 1.